The number of hydrogen-bond acceptors (Lipinski definition) is 5. The number of carbonyl (C=O) groups excluding carboxylic acids is 2. The average molecular weight is 469 g/mol. The highest BCUT2D eigenvalue weighted by Gasteiger charge is 2.39. The van der Waals surface area contributed by atoms with Gasteiger partial charge in [-0.05, 0) is 27.6 Å². The molecule has 2 aromatic carbocycles. The number of rotatable bonds is 5. The molecule has 2 amide bonds. The van der Waals surface area contributed by atoms with E-state index in [1.165, 1.54) is 0 Å². The topological polar surface area (TPSA) is 80.9 Å². The third kappa shape index (κ3) is 3.18. The molecule has 0 saturated heterocycles. The van der Waals surface area contributed by atoms with Crippen molar-refractivity contribution < 1.29 is 23.8 Å². The molecule has 0 saturated carbocycles. The summed E-state index contributed by atoms with van der Waals surface area (Å²) in [5.74, 6) is 0.441. The van der Waals surface area contributed by atoms with Crippen LogP contribution in [-0.2, 0) is 20.9 Å². The lowest BCUT2D eigenvalue weighted by molar-refractivity contribution is -0.143. The maximum absolute atomic E-state index is 13.1. The van der Waals surface area contributed by atoms with Crippen LogP contribution in [0.3, 0.4) is 0 Å². The summed E-state index contributed by atoms with van der Waals surface area (Å²) in [5, 5.41) is 0.777. The van der Waals surface area contributed by atoms with E-state index in [1.807, 2.05) is 42.5 Å². The number of fused-ring (bicyclic) bond motifs is 2. The van der Waals surface area contributed by atoms with E-state index in [0.29, 0.717) is 42.5 Å². The number of imide groups is 1. The van der Waals surface area contributed by atoms with Gasteiger partial charge in [0.25, 0.3) is 11.8 Å². The smallest absolute Gasteiger partial charge is 0.270 e. The SMILES string of the molecule is O=C1C(Br)=C(c2c[nH]c3cc4c(cc23)OCCO4)C(=O)N1COCc1ccccc1. The maximum Gasteiger partial charge on any atom is 0.270 e. The first-order valence-corrected chi connectivity index (χ1v) is 10.2. The van der Waals surface area contributed by atoms with Gasteiger partial charge in [0, 0.05) is 28.7 Å². The van der Waals surface area contributed by atoms with Crippen molar-refractivity contribution in [2.45, 2.75) is 6.61 Å². The van der Waals surface area contributed by atoms with Crippen LogP contribution in [0, 0.1) is 0 Å². The molecule has 5 rings (SSSR count). The Balaban J connectivity index is 1.40. The first-order valence-electron chi connectivity index (χ1n) is 9.42. The van der Waals surface area contributed by atoms with Gasteiger partial charge in [0.15, 0.2) is 11.5 Å². The molecule has 1 N–H and O–H groups in total. The Morgan fingerprint density at radius 1 is 1.03 bits per heavy atom. The van der Waals surface area contributed by atoms with Crippen molar-refractivity contribution >= 4 is 44.2 Å². The maximum atomic E-state index is 13.1. The molecule has 1 aromatic heterocycles. The molecular weight excluding hydrogens is 452 g/mol. The van der Waals surface area contributed by atoms with Crippen LogP contribution in [0.25, 0.3) is 16.5 Å². The molecular formula is C22H17BrN2O5. The van der Waals surface area contributed by atoms with E-state index in [4.69, 9.17) is 14.2 Å². The van der Waals surface area contributed by atoms with Crippen LogP contribution in [0.2, 0.25) is 0 Å². The Kier molecular flexibility index (Phi) is 4.80. The van der Waals surface area contributed by atoms with Gasteiger partial charge in [-0.25, -0.2) is 4.90 Å². The summed E-state index contributed by atoms with van der Waals surface area (Å²) >= 11 is 3.31. The number of ether oxygens (including phenoxy) is 3. The quantitative estimate of drug-likeness (QED) is 0.578. The minimum absolute atomic E-state index is 0.125. The number of benzene rings is 2. The van der Waals surface area contributed by atoms with E-state index in [2.05, 4.69) is 20.9 Å². The zero-order chi connectivity index (χ0) is 20.7. The van der Waals surface area contributed by atoms with Gasteiger partial charge in [-0.3, -0.25) is 9.59 Å². The second kappa shape index (κ2) is 7.62. The summed E-state index contributed by atoms with van der Waals surface area (Å²) in [6.07, 6.45) is 1.71. The molecule has 2 aliphatic rings. The number of aromatic amines is 1. The fourth-order valence-corrected chi connectivity index (χ4v) is 4.19. The Morgan fingerprint density at radius 3 is 2.53 bits per heavy atom. The summed E-state index contributed by atoms with van der Waals surface area (Å²) in [7, 11) is 0. The largest absolute Gasteiger partial charge is 0.486 e. The van der Waals surface area contributed by atoms with Crippen molar-refractivity contribution in [1.29, 1.82) is 0 Å². The Bertz CT molecular complexity index is 1180. The molecule has 0 aliphatic carbocycles. The number of nitrogens with zero attached hydrogens (tertiary/aromatic N) is 1. The third-order valence-electron chi connectivity index (χ3n) is 5.06. The lowest BCUT2D eigenvalue weighted by Gasteiger charge is -2.18. The highest BCUT2D eigenvalue weighted by molar-refractivity contribution is 9.12. The Hall–Kier alpha value is -3.10. The second-order valence-electron chi connectivity index (χ2n) is 6.93. The van der Waals surface area contributed by atoms with Crippen molar-refractivity contribution in [2.24, 2.45) is 0 Å². The molecule has 0 fully saturated rings. The Morgan fingerprint density at radius 2 is 1.77 bits per heavy atom. The molecule has 0 unspecified atom stereocenters. The number of halogens is 1. The summed E-state index contributed by atoms with van der Waals surface area (Å²) in [5.41, 5.74) is 2.68. The van der Waals surface area contributed by atoms with Crippen molar-refractivity contribution in [1.82, 2.24) is 9.88 Å². The molecule has 0 radical (unpaired) electrons. The van der Waals surface area contributed by atoms with Gasteiger partial charge in [-0.1, -0.05) is 30.3 Å². The molecule has 0 bridgehead atoms. The highest BCUT2D eigenvalue weighted by Crippen LogP contribution is 2.40. The lowest BCUT2D eigenvalue weighted by atomic mass is 10.0. The molecule has 3 heterocycles. The van der Waals surface area contributed by atoms with Gasteiger partial charge in [-0.2, -0.15) is 0 Å². The van der Waals surface area contributed by atoms with E-state index in [9.17, 15) is 9.59 Å². The summed E-state index contributed by atoms with van der Waals surface area (Å²) in [6, 6.07) is 13.2. The molecule has 30 heavy (non-hydrogen) atoms. The van der Waals surface area contributed by atoms with Gasteiger partial charge < -0.3 is 19.2 Å². The van der Waals surface area contributed by atoms with E-state index in [1.54, 1.807) is 6.20 Å². The van der Waals surface area contributed by atoms with Crippen LogP contribution < -0.4 is 9.47 Å². The van der Waals surface area contributed by atoms with Gasteiger partial charge in [0.2, 0.25) is 0 Å². The van der Waals surface area contributed by atoms with E-state index < -0.39 is 11.8 Å². The first kappa shape index (κ1) is 18.9. The van der Waals surface area contributed by atoms with Crippen LogP contribution in [0.5, 0.6) is 11.5 Å². The van der Waals surface area contributed by atoms with Crippen LogP contribution in [0.1, 0.15) is 11.1 Å². The minimum atomic E-state index is -0.421. The molecule has 0 atom stereocenters. The normalized spacial score (nSPS) is 16.1. The van der Waals surface area contributed by atoms with Crippen LogP contribution in [-0.4, -0.2) is 41.6 Å². The van der Waals surface area contributed by atoms with Gasteiger partial charge >= 0.3 is 0 Å². The number of amides is 2. The summed E-state index contributed by atoms with van der Waals surface area (Å²) in [4.78, 5) is 30.0. The summed E-state index contributed by atoms with van der Waals surface area (Å²) < 4.78 is 17.1. The van der Waals surface area contributed by atoms with Gasteiger partial charge in [0.1, 0.15) is 19.9 Å². The molecule has 0 spiro atoms. The first-order chi connectivity index (χ1) is 14.6. The van der Waals surface area contributed by atoms with E-state index >= 15 is 0 Å². The van der Waals surface area contributed by atoms with Crippen LogP contribution in [0.15, 0.2) is 53.1 Å². The minimum Gasteiger partial charge on any atom is -0.486 e. The predicted octanol–water partition coefficient (Wildman–Crippen LogP) is 3.59. The molecule has 3 aromatic rings. The predicted molar refractivity (Wildman–Crippen MR) is 113 cm³/mol. The molecule has 8 heteroatoms. The molecule has 152 valence electrons. The van der Waals surface area contributed by atoms with Crippen molar-refractivity contribution in [3.8, 4) is 11.5 Å². The third-order valence-corrected chi connectivity index (χ3v) is 5.79. The molecule has 7 nitrogen and oxygen atoms in total. The zero-order valence-electron chi connectivity index (χ0n) is 15.8. The summed E-state index contributed by atoms with van der Waals surface area (Å²) in [6.45, 7) is 1.14. The van der Waals surface area contributed by atoms with Gasteiger partial charge in [0.05, 0.1) is 16.7 Å². The highest BCUT2D eigenvalue weighted by atomic mass is 79.9. The van der Waals surface area contributed by atoms with E-state index in [-0.39, 0.29) is 11.2 Å². The Labute approximate surface area is 180 Å². The van der Waals surface area contributed by atoms with Crippen molar-refractivity contribution in [3.05, 3.63) is 64.3 Å². The fraction of sp³-hybridized carbons (Fsp3) is 0.182. The van der Waals surface area contributed by atoms with Gasteiger partial charge in [-0.15, -0.1) is 0 Å². The van der Waals surface area contributed by atoms with Crippen LogP contribution in [0.4, 0.5) is 0 Å². The molecule has 2 aliphatic heterocycles. The number of carbonyl (C=O) groups is 2. The number of aromatic nitrogens is 1. The standard InChI is InChI=1S/C22H17BrN2O5/c23-20-19(15-10-24-16-9-18-17(8-14(15)16)29-6-7-30-18)21(26)25(22(20)27)12-28-11-13-4-2-1-3-5-13/h1-5,8-10,24H,6-7,11-12H2. The number of hydrogen-bond donors (Lipinski definition) is 1. The van der Waals surface area contributed by atoms with Crippen molar-refractivity contribution in [2.75, 3.05) is 19.9 Å². The zero-order valence-corrected chi connectivity index (χ0v) is 17.4. The van der Waals surface area contributed by atoms with E-state index in [0.717, 1.165) is 21.4 Å². The number of H-pyrrole nitrogens is 1. The number of nitrogens with one attached hydrogen (secondary N) is 1. The fourth-order valence-electron chi connectivity index (χ4n) is 3.59. The monoisotopic (exact) mass is 468 g/mol. The average Bonchev–Trinajstić information content (AvgIpc) is 3.26. The van der Waals surface area contributed by atoms with Crippen LogP contribution >= 0.6 is 15.9 Å². The second-order valence-corrected chi connectivity index (χ2v) is 7.73. The lowest BCUT2D eigenvalue weighted by Crippen LogP contribution is -2.33. The van der Waals surface area contributed by atoms with Crippen molar-refractivity contribution in [3.63, 3.8) is 0 Å².